The third-order valence-electron chi connectivity index (χ3n) is 4.94. The number of nitrogens with zero attached hydrogens (tertiary/aromatic N) is 1. The third kappa shape index (κ3) is 4.59. The predicted octanol–water partition coefficient (Wildman–Crippen LogP) is 5.05. The molecule has 0 spiro atoms. The molecule has 0 aliphatic rings. The third-order valence-corrected chi connectivity index (χ3v) is 4.94. The van der Waals surface area contributed by atoms with Gasteiger partial charge in [-0.05, 0) is 63.9 Å². The maximum Gasteiger partial charge on any atom is 0.347 e. The highest BCUT2D eigenvalue weighted by molar-refractivity contribution is 5.76. The summed E-state index contributed by atoms with van der Waals surface area (Å²) >= 11 is 0. The topological polar surface area (TPSA) is 84.6 Å². The van der Waals surface area contributed by atoms with E-state index < -0.39 is 17.1 Å². The minimum Gasteiger partial charge on any atom is -0.478 e. The molecular weight excluding hydrogens is 368 g/mol. The van der Waals surface area contributed by atoms with Crippen molar-refractivity contribution in [1.82, 2.24) is 10.3 Å². The molecule has 154 valence electrons. The van der Waals surface area contributed by atoms with Gasteiger partial charge in [0.2, 0.25) is 5.89 Å². The van der Waals surface area contributed by atoms with Crippen molar-refractivity contribution in [3.8, 4) is 5.75 Å². The number of carbonyl (C=O) groups is 1. The lowest BCUT2D eigenvalue weighted by molar-refractivity contribution is -0.152. The van der Waals surface area contributed by atoms with E-state index in [9.17, 15) is 9.90 Å². The number of aliphatic carboxylic acids is 1. The molecule has 0 amide bonds. The van der Waals surface area contributed by atoms with Crippen LogP contribution < -0.4 is 10.1 Å². The Bertz CT molecular complexity index is 957. The van der Waals surface area contributed by atoms with Crippen molar-refractivity contribution in [2.45, 2.75) is 58.2 Å². The summed E-state index contributed by atoms with van der Waals surface area (Å²) in [7, 11) is 0. The molecule has 0 fully saturated rings. The Balaban J connectivity index is 1.77. The second-order valence-electron chi connectivity index (χ2n) is 8.20. The Morgan fingerprint density at radius 1 is 1.14 bits per heavy atom. The van der Waals surface area contributed by atoms with Crippen LogP contribution in [-0.4, -0.2) is 21.7 Å². The van der Waals surface area contributed by atoms with E-state index in [0.717, 1.165) is 23.1 Å². The van der Waals surface area contributed by atoms with Gasteiger partial charge in [0, 0.05) is 6.04 Å². The first-order valence-corrected chi connectivity index (χ1v) is 9.78. The fourth-order valence-electron chi connectivity index (χ4n) is 3.16. The summed E-state index contributed by atoms with van der Waals surface area (Å²) in [6, 6.07) is 15.3. The van der Waals surface area contributed by atoms with Gasteiger partial charge in [0.1, 0.15) is 11.3 Å². The first-order chi connectivity index (χ1) is 13.6. The number of nitrogens with one attached hydrogen (secondary N) is 1. The fraction of sp³-hybridized carbons (Fsp3) is 0.391. The van der Waals surface area contributed by atoms with Gasteiger partial charge in [0.15, 0.2) is 11.2 Å². The number of rotatable bonds is 8. The Hall–Kier alpha value is -2.86. The number of oxazole rings is 1. The summed E-state index contributed by atoms with van der Waals surface area (Å²) in [5.74, 6) is 0.157. The number of ether oxygens (including phenoxy) is 1. The Kier molecular flexibility index (Phi) is 5.66. The molecule has 29 heavy (non-hydrogen) atoms. The Morgan fingerprint density at radius 3 is 2.38 bits per heavy atom. The molecule has 1 unspecified atom stereocenters. The van der Waals surface area contributed by atoms with E-state index in [1.54, 1.807) is 12.1 Å². The van der Waals surface area contributed by atoms with Gasteiger partial charge in [-0.2, -0.15) is 0 Å². The van der Waals surface area contributed by atoms with Crippen molar-refractivity contribution in [1.29, 1.82) is 0 Å². The number of aromatic nitrogens is 1. The van der Waals surface area contributed by atoms with E-state index in [4.69, 9.17) is 9.15 Å². The molecule has 2 aromatic carbocycles. The van der Waals surface area contributed by atoms with Gasteiger partial charge in [-0.1, -0.05) is 31.2 Å². The molecular formula is C23H28N2O4. The van der Waals surface area contributed by atoms with Crippen LogP contribution in [0.1, 0.15) is 58.5 Å². The Morgan fingerprint density at radius 2 is 1.79 bits per heavy atom. The van der Waals surface area contributed by atoms with E-state index in [1.807, 2.05) is 50.2 Å². The normalized spacial score (nSPS) is 13.4. The van der Waals surface area contributed by atoms with Crippen molar-refractivity contribution in [2.24, 2.45) is 0 Å². The summed E-state index contributed by atoms with van der Waals surface area (Å²) in [5.41, 5.74) is 0.942. The van der Waals surface area contributed by atoms with Crippen LogP contribution in [0.5, 0.6) is 5.75 Å². The summed E-state index contributed by atoms with van der Waals surface area (Å²) in [6.45, 7) is 9.27. The van der Waals surface area contributed by atoms with Gasteiger partial charge >= 0.3 is 5.97 Å². The smallest absolute Gasteiger partial charge is 0.347 e. The quantitative estimate of drug-likeness (QED) is 0.554. The van der Waals surface area contributed by atoms with Gasteiger partial charge in [0.25, 0.3) is 0 Å². The van der Waals surface area contributed by atoms with Gasteiger partial charge < -0.3 is 14.3 Å². The highest BCUT2D eigenvalue weighted by Crippen LogP contribution is 2.30. The number of hydrogen-bond donors (Lipinski definition) is 2. The lowest BCUT2D eigenvalue weighted by atomic mass is 9.98. The van der Waals surface area contributed by atoms with E-state index >= 15 is 0 Å². The largest absolute Gasteiger partial charge is 0.478 e. The standard InChI is InChI=1S/C23H28N2O4/c1-6-17(15-11-13-16(14-12-15)29-23(4,5)21(26)27)25-22(2,3)20-24-18-9-7-8-10-19(18)28-20/h7-14,17,25H,6H2,1-5H3,(H,26,27). The average molecular weight is 396 g/mol. The molecule has 0 saturated heterocycles. The minimum absolute atomic E-state index is 0.0709. The zero-order valence-corrected chi connectivity index (χ0v) is 17.5. The molecule has 0 saturated carbocycles. The van der Waals surface area contributed by atoms with Crippen LogP contribution in [-0.2, 0) is 10.3 Å². The lowest BCUT2D eigenvalue weighted by Crippen LogP contribution is -2.39. The number of para-hydroxylation sites is 2. The van der Waals surface area contributed by atoms with Crippen LogP contribution in [0.4, 0.5) is 0 Å². The van der Waals surface area contributed by atoms with Gasteiger partial charge in [-0.25, -0.2) is 9.78 Å². The monoisotopic (exact) mass is 396 g/mol. The number of carboxylic acid groups (broad SMARTS) is 1. The number of fused-ring (bicyclic) bond motifs is 1. The summed E-state index contributed by atoms with van der Waals surface area (Å²) in [6.07, 6.45) is 0.866. The lowest BCUT2D eigenvalue weighted by Gasteiger charge is -2.29. The molecule has 6 nitrogen and oxygen atoms in total. The molecule has 0 aliphatic heterocycles. The molecule has 2 N–H and O–H groups in total. The van der Waals surface area contributed by atoms with E-state index in [-0.39, 0.29) is 6.04 Å². The highest BCUT2D eigenvalue weighted by atomic mass is 16.5. The first kappa shape index (κ1) is 20.9. The van der Waals surface area contributed by atoms with Crippen LogP contribution in [0, 0.1) is 0 Å². The number of benzene rings is 2. The molecule has 0 aliphatic carbocycles. The summed E-state index contributed by atoms with van der Waals surface area (Å²) < 4.78 is 11.6. The second-order valence-corrected chi connectivity index (χ2v) is 8.20. The maximum absolute atomic E-state index is 11.3. The van der Waals surface area contributed by atoms with Crippen LogP contribution in [0.2, 0.25) is 0 Å². The first-order valence-electron chi connectivity index (χ1n) is 9.78. The molecule has 3 aromatic rings. The van der Waals surface area contributed by atoms with E-state index in [0.29, 0.717) is 11.6 Å². The van der Waals surface area contributed by atoms with Gasteiger partial charge in [-0.15, -0.1) is 0 Å². The molecule has 3 rings (SSSR count). The average Bonchev–Trinajstić information content (AvgIpc) is 3.12. The molecule has 6 heteroatoms. The number of hydrogen-bond acceptors (Lipinski definition) is 5. The molecule has 1 atom stereocenters. The summed E-state index contributed by atoms with van der Waals surface area (Å²) in [5, 5.41) is 12.9. The molecule has 1 aromatic heterocycles. The van der Waals surface area contributed by atoms with Gasteiger partial charge in [0.05, 0.1) is 5.54 Å². The maximum atomic E-state index is 11.3. The van der Waals surface area contributed by atoms with E-state index in [2.05, 4.69) is 17.2 Å². The Labute approximate surface area is 170 Å². The van der Waals surface area contributed by atoms with Crippen molar-refractivity contribution in [3.05, 3.63) is 60.0 Å². The van der Waals surface area contributed by atoms with Crippen molar-refractivity contribution >= 4 is 17.1 Å². The van der Waals surface area contributed by atoms with E-state index in [1.165, 1.54) is 13.8 Å². The van der Waals surface area contributed by atoms with Crippen LogP contribution >= 0.6 is 0 Å². The fourth-order valence-corrected chi connectivity index (χ4v) is 3.16. The van der Waals surface area contributed by atoms with Crippen LogP contribution in [0.15, 0.2) is 52.9 Å². The SMILES string of the molecule is CCC(NC(C)(C)c1nc2ccccc2o1)c1ccc(OC(C)(C)C(=O)O)cc1. The number of carboxylic acids is 1. The predicted molar refractivity (Wildman–Crippen MR) is 112 cm³/mol. The van der Waals surface area contributed by atoms with Gasteiger partial charge in [-0.3, -0.25) is 5.32 Å². The van der Waals surface area contributed by atoms with Crippen molar-refractivity contribution < 1.29 is 19.1 Å². The minimum atomic E-state index is -1.28. The second kappa shape index (κ2) is 7.87. The molecule has 1 heterocycles. The summed E-state index contributed by atoms with van der Waals surface area (Å²) in [4.78, 5) is 15.9. The molecule has 0 radical (unpaired) electrons. The van der Waals surface area contributed by atoms with Crippen LogP contribution in [0.25, 0.3) is 11.1 Å². The van der Waals surface area contributed by atoms with Crippen molar-refractivity contribution in [2.75, 3.05) is 0 Å². The van der Waals surface area contributed by atoms with Crippen LogP contribution in [0.3, 0.4) is 0 Å². The zero-order chi connectivity index (χ0) is 21.2. The highest BCUT2D eigenvalue weighted by Gasteiger charge is 2.31. The molecule has 0 bridgehead atoms. The van der Waals surface area contributed by atoms with Crippen molar-refractivity contribution in [3.63, 3.8) is 0 Å². The zero-order valence-electron chi connectivity index (χ0n) is 17.5.